The lowest BCUT2D eigenvalue weighted by atomic mass is 9.85. The highest BCUT2D eigenvalue weighted by molar-refractivity contribution is 5.72. The number of carbonyl (C=O) groups excluding carboxylic acids is 1. The molecule has 100 valence electrons. The molecule has 3 atom stereocenters. The Morgan fingerprint density at radius 2 is 2.24 bits per heavy atom. The molecule has 0 saturated heterocycles. The van der Waals surface area contributed by atoms with Crippen LogP contribution >= 0.6 is 0 Å². The Balaban J connectivity index is 2.31. The molecular formula is C14H27NO2. The van der Waals surface area contributed by atoms with Gasteiger partial charge >= 0.3 is 5.97 Å². The van der Waals surface area contributed by atoms with Crippen LogP contribution in [0.1, 0.15) is 58.8 Å². The second-order valence-corrected chi connectivity index (χ2v) is 5.29. The topological polar surface area (TPSA) is 38.3 Å². The molecular weight excluding hydrogens is 214 g/mol. The van der Waals surface area contributed by atoms with Crippen LogP contribution in [-0.2, 0) is 9.53 Å². The molecule has 0 aromatic carbocycles. The molecule has 3 nitrogen and oxygen atoms in total. The normalized spacial score (nSPS) is 26.5. The van der Waals surface area contributed by atoms with E-state index in [-0.39, 0.29) is 11.9 Å². The van der Waals surface area contributed by atoms with Gasteiger partial charge < -0.3 is 10.1 Å². The molecule has 1 fully saturated rings. The summed E-state index contributed by atoms with van der Waals surface area (Å²) < 4.78 is 4.84. The summed E-state index contributed by atoms with van der Waals surface area (Å²) in [5, 5.41) is 3.65. The summed E-state index contributed by atoms with van der Waals surface area (Å²) in [5.74, 6) is 0.0855. The largest absolute Gasteiger partial charge is 0.469 e. The van der Waals surface area contributed by atoms with E-state index in [0.29, 0.717) is 12.1 Å². The summed E-state index contributed by atoms with van der Waals surface area (Å²) >= 11 is 0. The van der Waals surface area contributed by atoms with Gasteiger partial charge in [-0.05, 0) is 32.6 Å². The summed E-state index contributed by atoms with van der Waals surface area (Å²) in [5.41, 5.74) is 0. The van der Waals surface area contributed by atoms with Crippen molar-refractivity contribution in [2.24, 2.45) is 5.92 Å². The van der Waals surface area contributed by atoms with Crippen LogP contribution in [0.15, 0.2) is 0 Å². The van der Waals surface area contributed by atoms with Crippen LogP contribution in [0, 0.1) is 5.92 Å². The zero-order valence-corrected chi connectivity index (χ0v) is 11.5. The highest BCUT2D eigenvalue weighted by atomic mass is 16.5. The van der Waals surface area contributed by atoms with Gasteiger partial charge in [-0.25, -0.2) is 0 Å². The Kier molecular flexibility index (Phi) is 6.56. The number of hydrogen-bond acceptors (Lipinski definition) is 3. The third-order valence-corrected chi connectivity index (χ3v) is 3.72. The smallest absolute Gasteiger partial charge is 0.308 e. The molecule has 0 bridgehead atoms. The van der Waals surface area contributed by atoms with Crippen molar-refractivity contribution < 1.29 is 9.53 Å². The predicted octanol–water partition coefficient (Wildman–Crippen LogP) is 2.89. The Labute approximate surface area is 105 Å². The maximum atomic E-state index is 11.5. The van der Waals surface area contributed by atoms with Crippen LogP contribution in [0.4, 0.5) is 0 Å². The van der Waals surface area contributed by atoms with Crippen molar-refractivity contribution in [3.63, 3.8) is 0 Å². The van der Waals surface area contributed by atoms with Gasteiger partial charge in [0.2, 0.25) is 0 Å². The number of unbranched alkanes of at least 4 members (excludes halogenated alkanes) is 1. The summed E-state index contributed by atoms with van der Waals surface area (Å²) in [6.07, 6.45) is 8.04. The van der Waals surface area contributed by atoms with Crippen molar-refractivity contribution in [1.29, 1.82) is 0 Å². The zero-order chi connectivity index (χ0) is 12.7. The number of carbonyl (C=O) groups is 1. The molecule has 1 aliphatic carbocycles. The van der Waals surface area contributed by atoms with Crippen LogP contribution in [0.5, 0.6) is 0 Å². The average Bonchev–Trinajstić information content (AvgIpc) is 2.35. The molecule has 1 N–H and O–H groups in total. The third kappa shape index (κ3) is 5.07. The van der Waals surface area contributed by atoms with E-state index in [4.69, 9.17) is 4.74 Å². The molecule has 3 heteroatoms. The standard InChI is InChI=1S/C14H27NO2/c1-4-5-7-11(2)15-13-9-6-8-12(10-13)14(16)17-3/h11-13,15H,4-10H2,1-3H3. The van der Waals surface area contributed by atoms with Crippen LogP contribution < -0.4 is 5.32 Å². The van der Waals surface area contributed by atoms with Crippen LogP contribution in [0.3, 0.4) is 0 Å². The fraction of sp³-hybridized carbons (Fsp3) is 0.929. The van der Waals surface area contributed by atoms with Crippen molar-refractivity contribution in [2.75, 3.05) is 7.11 Å². The SMILES string of the molecule is CCCCC(C)NC1CCCC(C(=O)OC)C1. The van der Waals surface area contributed by atoms with Crippen molar-refractivity contribution in [3.05, 3.63) is 0 Å². The minimum absolute atomic E-state index is 0.0299. The molecule has 0 amide bonds. The van der Waals surface area contributed by atoms with E-state index in [9.17, 15) is 4.79 Å². The average molecular weight is 241 g/mol. The van der Waals surface area contributed by atoms with Crippen LogP contribution in [0.25, 0.3) is 0 Å². The number of hydrogen-bond donors (Lipinski definition) is 1. The van der Waals surface area contributed by atoms with E-state index in [1.165, 1.54) is 32.8 Å². The summed E-state index contributed by atoms with van der Waals surface area (Å²) in [6.45, 7) is 4.47. The molecule has 1 aliphatic rings. The lowest BCUT2D eigenvalue weighted by molar-refractivity contribution is -0.146. The highest BCUT2D eigenvalue weighted by Crippen LogP contribution is 2.25. The molecule has 0 aliphatic heterocycles. The minimum Gasteiger partial charge on any atom is -0.469 e. The molecule has 1 saturated carbocycles. The van der Waals surface area contributed by atoms with Gasteiger partial charge in [0, 0.05) is 12.1 Å². The Morgan fingerprint density at radius 1 is 1.47 bits per heavy atom. The predicted molar refractivity (Wildman–Crippen MR) is 69.9 cm³/mol. The summed E-state index contributed by atoms with van der Waals surface area (Å²) in [4.78, 5) is 11.5. The monoisotopic (exact) mass is 241 g/mol. The highest BCUT2D eigenvalue weighted by Gasteiger charge is 2.28. The fourth-order valence-corrected chi connectivity index (χ4v) is 2.72. The van der Waals surface area contributed by atoms with Crippen LogP contribution in [0.2, 0.25) is 0 Å². The molecule has 0 spiro atoms. The molecule has 0 aromatic heterocycles. The van der Waals surface area contributed by atoms with E-state index >= 15 is 0 Å². The van der Waals surface area contributed by atoms with E-state index in [2.05, 4.69) is 19.2 Å². The first-order chi connectivity index (χ1) is 8.17. The van der Waals surface area contributed by atoms with E-state index < -0.39 is 0 Å². The number of rotatable bonds is 6. The van der Waals surface area contributed by atoms with Crippen molar-refractivity contribution >= 4 is 5.97 Å². The number of ether oxygens (including phenoxy) is 1. The van der Waals surface area contributed by atoms with Gasteiger partial charge in [-0.3, -0.25) is 4.79 Å². The Morgan fingerprint density at radius 3 is 2.88 bits per heavy atom. The summed E-state index contributed by atoms with van der Waals surface area (Å²) in [7, 11) is 1.49. The van der Waals surface area contributed by atoms with Gasteiger partial charge in [0.15, 0.2) is 0 Å². The molecule has 0 aromatic rings. The van der Waals surface area contributed by atoms with E-state index in [1.807, 2.05) is 0 Å². The Hall–Kier alpha value is -0.570. The van der Waals surface area contributed by atoms with E-state index in [1.54, 1.807) is 0 Å². The van der Waals surface area contributed by atoms with Gasteiger partial charge in [0.05, 0.1) is 13.0 Å². The molecule has 17 heavy (non-hydrogen) atoms. The lowest BCUT2D eigenvalue weighted by Crippen LogP contribution is -2.41. The number of esters is 1. The second-order valence-electron chi connectivity index (χ2n) is 5.29. The lowest BCUT2D eigenvalue weighted by Gasteiger charge is -2.30. The first-order valence-corrected chi connectivity index (χ1v) is 7.01. The maximum absolute atomic E-state index is 11.5. The van der Waals surface area contributed by atoms with Crippen LogP contribution in [-0.4, -0.2) is 25.2 Å². The maximum Gasteiger partial charge on any atom is 0.308 e. The number of methoxy groups -OCH3 is 1. The van der Waals surface area contributed by atoms with Gasteiger partial charge in [0.25, 0.3) is 0 Å². The molecule has 1 rings (SSSR count). The Bertz CT molecular complexity index is 230. The van der Waals surface area contributed by atoms with Gasteiger partial charge in [-0.15, -0.1) is 0 Å². The van der Waals surface area contributed by atoms with Crippen molar-refractivity contribution in [2.45, 2.75) is 70.9 Å². The fourth-order valence-electron chi connectivity index (χ4n) is 2.72. The molecule has 3 unspecified atom stereocenters. The second kappa shape index (κ2) is 7.70. The first-order valence-electron chi connectivity index (χ1n) is 7.01. The molecule has 0 radical (unpaired) electrons. The van der Waals surface area contributed by atoms with Gasteiger partial charge in [-0.1, -0.05) is 26.2 Å². The quantitative estimate of drug-likeness (QED) is 0.727. The van der Waals surface area contributed by atoms with Gasteiger partial charge in [-0.2, -0.15) is 0 Å². The number of nitrogens with one attached hydrogen (secondary N) is 1. The van der Waals surface area contributed by atoms with Crippen molar-refractivity contribution in [3.8, 4) is 0 Å². The van der Waals surface area contributed by atoms with E-state index in [0.717, 1.165) is 19.3 Å². The summed E-state index contributed by atoms with van der Waals surface area (Å²) in [6, 6.07) is 1.07. The minimum atomic E-state index is -0.0299. The van der Waals surface area contributed by atoms with Gasteiger partial charge in [0.1, 0.15) is 0 Å². The van der Waals surface area contributed by atoms with Crippen molar-refractivity contribution in [1.82, 2.24) is 5.32 Å². The third-order valence-electron chi connectivity index (χ3n) is 3.72. The zero-order valence-electron chi connectivity index (χ0n) is 11.5. The first kappa shape index (κ1) is 14.5. The molecule has 0 heterocycles.